The van der Waals surface area contributed by atoms with E-state index in [2.05, 4.69) is 93.7 Å². The fraction of sp³-hybridized carbons (Fsp3) is 0.717. The zero-order valence-electron chi connectivity index (χ0n) is 38.5. The van der Waals surface area contributed by atoms with Gasteiger partial charge in [-0.25, -0.2) is 0 Å². The first-order valence-electron chi connectivity index (χ1n) is 24.4. The Morgan fingerprint density at radius 2 is 0.644 bits per heavy atom. The number of ether oxygens (including phenoxy) is 3. The third-order valence-electron chi connectivity index (χ3n) is 10.1. The molecule has 0 rings (SSSR count). The number of carbonyl (C=O) groups excluding carboxylic acids is 3. The summed E-state index contributed by atoms with van der Waals surface area (Å²) in [4.78, 5) is 37.9. The highest BCUT2D eigenvalue weighted by Crippen LogP contribution is 2.13. The lowest BCUT2D eigenvalue weighted by Crippen LogP contribution is -2.30. The van der Waals surface area contributed by atoms with Gasteiger partial charge in [-0.3, -0.25) is 14.4 Å². The van der Waals surface area contributed by atoms with Crippen molar-refractivity contribution < 1.29 is 28.6 Å². The van der Waals surface area contributed by atoms with Crippen LogP contribution in [0.2, 0.25) is 0 Å². The van der Waals surface area contributed by atoms with E-state index in [0.29, 0.717) is 19.3 Å². The standard InChI is InChI=1S/C53H90O6/c1-4-7-10-13-16-19-22-25-28-31-34-37-40-43-46-52(55)58-49-50(48-57-51(54)45-42-39-36-33-30-27-24-21-18-15-12-9-6-3)59-53(56)47-44-41-38-35-32-29-26-23-20-17-14-11-8-5-2/h12-17,21-26,50H,4-11,18-20,27-49H2,1-3H3/b15-12-,16-13-,17-14-,24-21-,25-22-,26-23-. The molecule has 0 fully saturated rings. The Morgan fingerprint density at radius 1 is 0.339 bits per heavy atom. The largest absolute Gasteiger partial charge is 0.462 e. The zero-order valence-corrected chi connectivity index (χ0v) is 38.5. The molecule has 59 heavy (non-hydrogen) atoms. The summed E-state index contributed by atoms with van der Waals surface area (Å²) in [5.41, 5.74) is 0. The predicted octanol–water partition coefficient (Wildman–Crippen LogP) is 15.9. The number of unbranched alkanes of at least 4 members (excludes halogenated alkanes) is 20. The van der Waals surface area contributed by atoms with Crippen molar-refractivity contribution >= 4 is 17.9 Å². The maximum atomic E-state index is 12.8. The molecule has 0 saturated heterocycles. The van der Waals surface area contributed by atoms with E-state index >= 15 is 0 Å². The smallest absolute Gasteiger partial charge is 0.306 e. The van der Waals surface area contributed by atoms with Gasteiger partial charge in [0.15, 0.2) is 6.10 Å². The van der Waals surface area contributed by atoms with E-state index in [0.717, 1.165) is 141 Å². The first-order valence-corrected chi connectivity index (χ1v) is 24.4. The average molecular weight is 823 g/mol. The number of carbonyl (C=O) groups is 3. The van der Waals surface area contributed by atoms with E-state index in [1.54, 1.807) is 0 Å². The van der Waals surface area contributed by atoms with E-state index in [-0.39, 0.29) is 31.1 Å². The molecule has 0 radical (unpaired) electrons. The predicted molar refractivity (Wildman–Crippen MR) is 251 cm³/mol. The molecule has 0 N–H and O–H groups in total. The summed E-state index contributed by atoms with van der Waals surface area (Å²) in [7, 11) is 0. The number of hydrogen-bond donors (Lipinski definition) is 0. The topological polar surface area (TPSA) is 78.9 Å². The van der Waals surface area contributed by atoms with E-state index < -0.39 is 6.10 Å². The first-order chi connectivity index (χ1) is 29.0. The Labute approximate surface area is 363 Å². The summed E-state index contributed by atoms with van der Waals surface area (Å²) in [6.07, 6.45) is 58.7. The minimum atomic E-state index is -0.793. The van der Waals surface area contributed by atoms with E-state index in [9.17, 15) is 14.4 Å². The maximum Gasteiger partial charge on any atom is 0.306 e. The number of allylic oxidation sites excluding steroid dienone is 12. The van der Waals surface area contributed by atoms with Gasteiger partial charge in [-0.2, -0.15) is 0 Å². The van der Waals surface area contributed by atoms with E-state index in [1.165, 1.54) is 44.9 Å². The van der Waals surface area contributed by atoms with Crippen molar-refractivity contribution in [1.29, 1.82) is 0 Å². The van der Waals surface area contributed by atoms with E-state index in [4.69, 9.17) is 14.2 Å². The van der Waals surface area contributed by atoms with Gasteiger partial charge < -0.3 is 14.2 Å². The molecule has 0 aliphatic rings. The molecule has 0 amide bonds. The van der Waals surface area contributed by atoms with Gasteiger partial charge in [0.25, 0.3) is 0 Å². The van der Waals surface area contributed by atoms with Gasteiger partial charge in [-0.05, 0) is 96.3 Å². The molecule has 0 saturated carbocycles. The molecule has 0 bridgehead atoms. The highest BCUT2D eigenvalue weighted by Gasteiger charge is 2.19. The molecule has 6 heteroatoms. The second-order valence-corrected chi connectivity index (χ2v) is 16.0. The van der Waals surface area contributed by atoms with Crippen LogP contribution < -0.4 is 0 Å². The molecular formula is C53H90O6. The van der Waals surface area contributed by atoms with Gasteiger partial charge >= 0.3 is 17.9 Å². The third-order valence-corrected chi connectivity index (χ3v) is 10.1. The molecule has 0 aliphatic heterocycles. The number of hydrogen-bond acceptors (Lipinski definition) is 6. The normalized spacial score (nSPS) is 12.7. The van der Waals surface area contributed by atoms with Gasteiger partial charge in [0.05, 0.1) is 0 Å². The van der Waals surface area contributed by atoms with Crippen molar-refractivity contribution in [3.8, 4) is 0 Å². The van der Waals surface area contributed by atoms with Crippen LogP contribution in [-0.4, -0.2) is 37.2 Å². The fourth-order valence-electron chi connectivity index (χ4n) is 6.39. The van der Waals surface area contributed by atoms with Crippen LogP contribution in [0.3, 0.4) is 0 Å². The SMILES string of the molecule is CCC/C=C\C/C=C\CCCCCCCC(=O)OCC(COC(=O)CCCCCCC/C=C\C/C=C\CCCC)OC(=O)CCCCCCC/C=C\C/C=C\CCCC. The van der Waals surface area contributed by atoms with Crippen LogP contribution in [0.15, 0.2) is 72.9 Å². The molecule has 0 aromatic rings. The number of esters is 3. The van der Waals surface area contributed by atoms with E-state index in [1.807, 2.05) is 0 Å². The van der Waals surface area contributed by atoms with Crippen LogP contribution in [0.4, 0.5) is 0 Å². The highest BCUT2D eigenvalue weighted by molar-refractivity contribution is 5.71. The van der Waals surface area contributed by atoms with Crippen molar-refractivity contribution in [1.82, 2.24) is 0 Å². The van der Waals surface area contributed by atoms with Crippen LogP contribution in [0.25, 0.3) is 0 Å². The Bertz CT molecular complexity index is 1130. The van der Waals surface area contributed by atoms with Crippen LogP contribution >= 0.6 is 0 Å². The molecule has 0 aromatic carbocycles. The second kappa shape index (κ2) is 47.5. The molecule has 0 aromatic heterocycles. The summed E-state index contributed by atoms with van der Waals surface area (Å²) < 4.78 is 16.7. The molecule has 0 spiro atoms. The van der Waals surface area contributed by atoms with Crippen LogP contribution in [0.5, 0.6) is 0 Å². The Balaban J connectivity index is 4.46. The first kappa shape index (κ1) is 55.9. The highest BCUT2D eigenvalue weighted by atomic mass is 16.6. The molecule has 1 unspecified atom stereocenters. The Hall–Kier alpha value is -3.15. The van der Waals surface area contributed by atoms with Crippen LogP contribution in [-0.2, 0) is 28.6 Å². The summed E-state index contributed by atoms with van der Waals surface area (Å²) >= 11 is 0. The lowest BCUT2D eigenvalue weighted by atomic mass is 10.1. The molecule has 6 nitrogen and oxygen atoms in total. The van der Waals surface area contributed by atoms with Crippen molar-refractivity contribution in [3.63, 3.8) is 0 Å². The van der Waals surface area contributed by atoms with Crippen molar-refractivity contribution in [2.24, 2.45) is 0 Å². The minimum Gasteiger partial charge on any atom is -0.462 e. The van der Waals surface area contributed by atoms with Gasteiger partial charge in [0.2, 0.25) is 0 Å². The van der Waals surface area contributed by atoms with Crippen LogP contribution in [0.1, 0.15) is 226 Å². The Kier molecular flexibility index (Phi) is 45.0. The third kappa shape index (κ3) is 45.8. The zero-order chi connectivity index (χ0) is 43.0. The summed E-state index contributed by atoms with van der Waals surface area (Å²) in [6, 6.07) is 0. The maximum absolute atomic E-state index is 12.8. The number of rotatable bonds is 43. The molecule has 338 valence electrons. The van der Waals surface area contributed by atoms with Gasteiger partial charge in [-0.1, -0.05) is 184 Å². The van der Waals surface area contributed by atoms with Crippen molar-refractivity contribution in [2.45, 2.75) is 232 Å². The summed E-state index contributed by atoms with van der Waals surface area (Å²) in [5, 5.41) is 0. The lowest BCUT2D eigenvalue weighted by molar-refractivity contribution is -0.167. The quantitative estimate of drug-likeness (QED) is 0.0264. The summed E-state index contributed by atoms with van der Waals surface area (Å²) in [5.74, 6) is -0.938. The molecule has 0 aliphatic carbocycles. The van der Waals surface area contributed by atoms with Crippen molar-refractivity contribution in [2.75, 3.05) is 13.2 Å². The average Bonchev–Trinajstić information content (AvgIpc) is 3.23. The molecule has 0 heterocycles. The van der Waals surface area contributed by atoms with Crippen molar-refractivity contribution in [3.05, 3.63) is 72.9 Å². The Morgan fingerprint density at radius 3 is 1.00 bits per heavy atom. The van der Waals surface area contributed by atoms with Gasteiger partial charge in [-0.15, -0.1) is 0 Å². The van der Waals surface area contributed by atoms with Crippen LogP contribution in [0, 0.1) is 0 Å². The monoisotopic (exact) mass is 823 g/mol. The minimum absolute atomic E-state index is 0.0937. The fourth-order valence-corrected chi connectivity index (χ4v) is 6.39. The van der Waals surface area contributed by atoms with Gasteiger partial charge in [0.1, 0.15) is 13.2 Å². The summed E-state index contributed by atoms with van der Waals surface area (Å²) in [6.45, 7) is 6.44. The molecule has 1 atom stereocenters. The van der Waals surface area contributed by atoms with Gasteiger partial charge in [0, 0.05) is 19.3 Å². The second-order valence-electron chi connectivity index (χ2n) is 16.0. The lowest BCUT2D eigenvalue weighted by Gasteiger charge is -2.18. The molecular weight excluding hydrogens is 733 g/mol.